The molecule has 25 heavy (non-hydrogen) atoms. The van der Waals surface area contributed by atoms with E-state index in [1.54, 1.807) is 36.4 Å². The van der Waals surface area contributed by atoms with Crippen LogP contribution >= 0.6 is 34.5 Å². The van der Waals surface area contributed by atoms with Crippen molar-refractivity contribution in [1.29, 1.82) is 0 Å². The number of hydrogen-bond donors (Lipinski definition) is 0. The van der Waals surface area contributed by atoms with Crippen molar-refractivity contribution >= 4 is 45.6 Å². The number of benzene rings is 2. The zero-order valence-corrected chi connectivity index (χ0v) is 14.7. The summed E-state index contributed by atoms with van der Waals surface area (Å²) in [5, 5.41) is 5.09. The van der Waals surface area contributed by atoms with E-state index in [1.165, 1.54) is 28.0 Å². The van der Waals surface area contributed by atoms with Crippen LogP contribution in [0.5, 0.6) is 0 Å². The van der Waals surface area contributed by atoms with Crippen molar-refractivity contribution < 1.29 is 4.39 Å². The summed E-state index contributed by atoms with van der Waals surface area (Å²) in [6.07, 6.45) is 1.71. The second-order valence-electron chi connectivity index (χ2n) is 5.23. The van der Waals surface area contributed by atoms with Crippen molar-refractivity contribution in [1.82, 2.24) is 14.6 Å². The number of halogens is 3. The maximum atomic E-state index is 13.0. The van der Waals surface area contributed by atoms with Gasteiger partial charge in [0.15, 0.2) is 5.82 Å². The molecule has 0 bridgehead atoms. The molecule has 0 spiro atoms. The molecule has 0 unspecified atom stereocenters. The molecule has 0 atom stereocenters. The lowest BCUT2D eigenvalue weighted by Crippen LogP contribution is -2.23. The minimum absolute atomic E-state index is 0.271. The van der Waals surface area contributed by atoms with Crippen LogP contribution in [0.4, 0.5) is 4.39 Å². The van der Waals surface area contributed by atoms with Crippen LogP contribution in [-0.4, -0.2) is 14.6 Å². The first kappa shape index (κ1) is 16.2. The molecule has 2 aromatic heterocycles. The van der Waals surface area contributed by atoms with Gasteiger partial charge in [-0.25, -0.2) is 4.39 Å². The normalized spacial score (nSPS) is 12.2. The number of rotatable bonds is 2. The largest absolute Gasteiger partial charge is 0.291 e. The van der Waals surface area contributed by atoms with E-state index in [9.17, 15) is 9.18 Å². The Balaban J connectivity index is 1.80. The van der Waals surface area contributed by atoms with Crippen LogP contribution in [0, 0.1) is 5.82 Å². The number of nitrogens with zero attached hydrogens (tertiary/aromatic N) is 3. The van der Waals surface area contributed by atoms with Crippen LogP contribution in [0.3, 0.4) is 0 Å². The molecular formula is C17H8Cl2FN3OS. The Bertz CT molecular complexity index is 1200. The third-order valence-corrected chi connectivity index (χ3v) is 5.22. The average Bonchev–Trinajstić information content (AvgIpc) is 3.12. The summed E-state index contributed by atoms with van der Waals surface area (Å²) in [5.74, 6) is 0.0391. The van der Waals surface area contributed by atoms with Gasteiger partial charge in [-0.3, -0.25) is 4.79 Å². The molecule has 4 rings (SSSR count). The number of hydrogen-bond acceptors (Lipinski definition) is 4. The fraction of sp³-hybridized carbons (Fsp3) is 0. The summed E-state index contributed by atoms with van der Waals surface area (Å²) in [7, 11) is 0. The van der Waals surface area contributed by atoms with E-state index in [0.29, 0.717) is 30.9 Å². The Morgan fingerprint density at radius 1 is 1.08 bits per heavy atom. The molecule has 0 N–H and O–H groups in total. The van der Waals surface area contributed by atoms with Gasteiger partial charge in [-0.2, -0.15) is 9.50 Å². The van der Waals surface area contributed by atoms with Gasteiger partial charge < -0.3 is 0 Å². The van der Waals surface area contributed by atoms with Crippen molar-refractivity contribution in [2.24, 2.45) is 0 Å². The molecule has 8 heteroatoms. The molecule has 4 aromatic rings. The van der Waals surface area contributed by atoms with Gasteiger partial charge in [0.2, 0.25) is 4.96 Å². The molecule has 0 saturated carbocycles. The molecule has 124 valence electrons. The van der Waals surface area contributed by atoms with E-state index in [1.807, 2.05) is 0 Å². The van der Waals surface area contributed by atoms with Gasteiger partial charge >= 0.3 is 0 Å². The van der Waals surface area contributed by atoms with Gasteiger partial charge in [0, 0.05) is 5.56 Å². The summed E-state index contributed by atoms with van der Waals surface area (Å²) in [5.41, 5.74) is 1.13. The summed E-state index contributed by atoms with van der Waals surface area (Å²) < 4.78 is 14.7. The Morgan fingerprint density at radius 2 is 1.84 bits per heavy atom. The molecule has 0 amide bonds. The maximum absolute atomic E-state index is 13.0. The molecule has 0 aliphatic rings. The van der Waals surface area contributed by atoms with E-state index < -0.39 is 0 Å². The van der Waals surface area contributed by atoms with Crippen molar-refractivity contribution in [3.8, 4) is 11.4 Å². The lowest BCUT2D eigenvalue weighted by Gasteiger charge is -1.96. The third-order valence-electron chi connectivity index (χ3n) is 3.53. The zero-order chi connectivity index (χ0) is 17.6. The Morgan fingerprint density at radius 3 is 2.52 bits per heavy atom. The number of fused-ring (bicyclic) bond motifs is 1. The molecule has 0 saturated heterocycles. The predicted molar refractivity (Wildman–Crippen MR) is 97.8 cm³/mol. The van der Waals surface area contributed by atoms with E-state index in [0.717, 1.165) is 5.56 Å². The van der Waals surface area contributed by atoms with Crippen molar-refractivity contribution in [2.45, 2.75) is 0 Å². The minimum atomic E-state index is -0.340. The highest BCUT2D eigenvalue weighted by Gasteiger charge is 2.12. The van der Waals surface area contributed by atoms with E-state index in [-0.39, 0.29) is 11.4 Å². The highest BCUT2D eigenvalue weighted by atomic mass is 35.5. The van der Waals surface area contributed by atoms with Crippen molar-refractivity contribution in [2.75, 3.05) is 0 Å². The second kappa shape index (κ2) is 6.22. The summed E-state index contributed by atoms with van der Waals surface area (Å²) >= 11 is 13.1. The highest BCUT2D eigenvalue weighted by Crippen LogP contribution is 2.23. The van der Waals surface area contributed by atoms with Gasteiger partial charge in [0.05, 0.1) is 14.6 Å². The zero-order valence-electron chi connectivity index (χ0n) is 12.4. The SMILES string of the molecule is O=c1c(=Cc2ccc(Cl)c(Cl)c2)sc2nc(-c3ccc(F)cc3)nn12. The fourth-order valence-electron chi connectivity index (χ4n) is 2.31. The summed E-state index contributed by atoms with van der Waals surface area (Å²) in [4.78, 5) is 17.3. The summed E-state index contributed by atoms with van der Waals surface area (Å²) in [6, 6.07) is 10.9. The molecule has 0 aliphatic heterocycles. The van der Waals surface area contributed by atoms with Crippen LogP contribution in [0.2, 0.25) is 10.0 Å². The van der Waals surface area contributed by atoms with Crippen molar-refractivity contribution in [3.05, 3.63) is 78.8 Å². The topological polar surface area (TPSA) is 47.3 Å². The lowest BCUT2D eigenvalue weighted by molar-refractivity contribution is 0.628. The maximum Gasteiger partial charge on any atom is 0.291 e. The van der Waals surface area contributed by atoms with Gasteiger partial charge in [0.1, 0.15) is 5.82 Å². The van der Waals surface area contributed by atoms with Crippen LogP contribution in [0.15, 0.2) is 47.3 Å². The molecule has 0 radical (unpaired) electrons. The smallest absolute Gasteiger partial charge is 0.266 e. The standard InChI is InChI=1S/C17H8Cl2FN3OS/c18-12-6-1-9(7-13(12)19)8-14-16(24)23-17(25-14)21-15(22-23)10-2-4-11(20)5-3-10/h1-8H. The third kappa shape index (κ3) is 3.04. The van der Waals surface area contributed by atoms with E-state index >= 15 is 0 Å². The molecule has 0 fully saturated rings. The number of aromatic nitrogens is 3. The van der Waals surface area contributed by atoms with Gasteiger partial charge in [-0.1, -0.05) is 40.6 Å². The van der Waals surface area contributed by atoms with Gasteiger partial charge in [-0.15, -0.1) is 5.10 Å². The first-order valence-corrected chi connectivity index (χ1v) is 8.71. The Hall–Kier alpha value is -2.28. The van der Waals surface area contributed by atoms with Crippen LogP contribution in [-0.2, 0) is 0 Å². The van der Waals surface area contributed by atoms with Crippen LogP contribution in [0.1, 0.15) is 5.56 Å². The molecular weight excluding hydrogens is 384 g/mol. The van der Waals surface area contributed by atoms with E-state index in [2.05, 4.69) is 10.1 Å². The van der Waals surface area contributed by atoms with E-state index in [4.69, 9.17) is 23.2 Å². The molecule has 2 aromatic carbocycles. The van der Waals surface area contributed by atoms with Gasteiger partial charge in [0.25, 0.3) is 5.56 Å². The Labute approximate surface area is 154 Å². The first-order chi connectivity index (χ1) is 12.0. The molecule has 4 nitrogen and oxygen atoms in total. The van der Waals surface area contributed by atoms with Gasteiger partial charge in [-0.05, 0) is 48.0 Å². The second-order valence-corrected chi connectivity index (χ2v) is 7.05. The van der Waals surface area contributed by atoms with Crippen LogP contribution in [0.25, 0.3) is 22.4 Å². The van der Waals surface area contributed by atoms with Crippen LogP contribution < -0.4 is 10.1 Å². The first-order valence-electron chi connectivity index (χ1n) is 7.13. The predicted octanol–water partition coefficient (Wildman–Crippen LogP) is 3.81. The average molecular weight is 392 g/mol. The molecule has 2 heterocycles. The lowest BCUT2D eigenvalue weighted by atomic mass is 10.2. The molecule has 0 aliphatic carbocycles. The quantitative estimate of drug-likeness (QED) is 0.521. The Kier molecular flexibility index (Phi) is 4.03. The number of thiazole rings is 1. The fourth-order valence-corrected chi connectivity index (χ4v) is 3.52. The minimum Gasteiger partial charge on any atom is -0.266 e. The van der Waals surface area contributed by atoms with Crippen molar-refractivity contribution in [3.63, 3.8) is 0 Å². The monoisotopic (exact) mass is 391 g/mol. The summed E-state index contributed by atoms with van der Waals surface area (Å²) in [6.45, 7) is 0. The highest BCUT2D eigenvalue weighted by molar-refractivity contribution is 7.15.